The number of rotatable bonds is 3. The van der Waals surface area contributed by atoms with Crippen molar-refractivity contribution in [1.82, 2.24) is 0 Å². The maximum atomic E-state index is 10.9. The minimum Gasteiger partial charge on any atom is -0.365 e. The van der Waals surface area contributed by atoms with Crippen LogP contribution in [0.15, 0.2) is 24.3 Å². The number of fused-ring (bicyclic) bond motifs is 1. The van der Waals surface area contributed by atoms with E-state index in [0.29, 0.717) is 0 Å². The normalized spacial score (nSPS) is 26.8. The molecule has 3 atom stereocenters. The van der Waals surface area contributed by atoms with Crippen LogP contribution in [0, 0.1) is 19.8 Å². The molecule has 0 spiro atoms. The Labute approximate surface area is 145 Å². The lowest BCUT2D eigenvalue weighted by molar-refractivity contribution is -0.117. The van der Waals surface area contributed by atoms with Gasteiger partial charge in [-0.05, 0) is 53.1 Å². The van der Waals surface area contributed by atoms with Crippen LogP contribution in [0.2, 0.25) is 0 Å². The summed E-state index contributed by atoms with van der Waals surface area (Å²) in [5.41, 5.74) is 5.24. The van der Waals surface area contributed by atoms with Crippen molar-refractivity contribution >= 4 is 10.8 Å². The summed E-state index contributed by atoms with van der Waals surface area (Å²) in [6, 6.07) is 9.00. The highest BCUT2D eigenvalue weighted by Crippen LogP contribution is 2.61. The minimum absolute atomic E-state index is 0.0618. The molecule has 0 radical (unpaired) electrons. The van der Waals surface area contributed by atoms with Crippen molar-refractivity contribution < 1.29 is 9.84 Å². The molecule has 24 heavy (non-hydrogen) atoms. The predicted octanol–water partition coefficient (Wildman–Crippen LogP) is 5.21. The Hall–Kier alpha value is -1.38. The van der Waals surface area contributed by atoms with Gasteiger partial charge in [-0.25, -0.2) is 0 Å². The molecule has 0 amide bonds. The van der Waals surface area contributed by atoms with Gasteiger partial charge in [-0.3, -0.25) is 0 Å². The lowest BCUT2D eigenvalue weighted by Crippen LogP contribution is -2.16. The highest BCUT2D eigenvalue weighted by Gasteiger charge is 2.65. The van der Waals surface area contributed by atoms with Gasteiger partial charge in [0.15, 0.2) is 5.79 Å². The highest BCUT2D eigenvalue weighted by molar-refractivity contribution is 5.92. The van der Waals surface area contributed by atoms with Gasteiger partial charge < -0.3 is 9.84 Å². The molecular formula is C22H30O2. The fraction of sp³-hybridized carbons (Fsp3) is 0.545. The standard InChI is InChI=1S/C22H30O2/c1-8-17-20(22(17,23)24-7)19-14(3)12-18(21(4,5)6)16-11-13(2)9-10-15(16)19/h9-12,17,20,23H,8H2,1-7H3. The molecule has 0 aliphatic heterocycles. The third-order valence-corrected chi connectivity index (χ3v) is 5.70. The Morgan fingerprint density at radius 1 is 1.12 bits per heavy atom. The number of hydrogen-bond donors (Lipinski definition) is 1. The van der Waals surface area contributed by atoms with E-state index in [4.69, 9.17) is 4.74 Å². The van der Waals surface area contributed by atoms with Gasteiger partial charge in [0.05, 0.1) is 0 Å². The summed E-state index contributed by atoms with van der Waals surface area (Å²) in [5, 5.41) is 13.4. The second-order valence-corrected chi connectivity index (χ2v) is 8.40. The zero-order valence-corrected chi connectivity index (χ0v) is 16.0. The first-order chi connectivity index (χ1) is 11.1. The maximum Gasteiger partial charge on any atom is 0.176 e. The predicted molar refractivity (Wildman–Crippen MR) is 101 cm³/mol. The van der Waals surface area contributed by atoms with E-state index < -0.39 is 5.79 Å². The van der Waals surface area contributed by atoms with Crippen LogP contribution in [-0.4, -0.2) is 18.0 Å². The van der Waals surface area contributed by atoms with Gasteiger partial charge in [-0.1, -0.05) is 57.5 Å². The van der Waals surface area contributed by atoms with E-state index in [1.807, 2.05) is 0 Å². The first-order valence-electron chi connectivity index (χ1n) is 8.97. The quantitative estimate of drug-likeness (QED) is 0.784. The second-order valence-electron chi connectivity index (χ2n) is 8.40. The van der Waals surface area contributed by atoms with Gasteiger partial charge in [0.25, 0.3) is 0 Å². The maximum absolute atomic E-state index is 10.9. The number of aliphatic hydroxyl groups is 1. The lowest BCUT2D eigenvalue weighted by Gasteiger charge is -2.25. The smallest absolute Gasteiger partial charge is 0.176 e. The van der Waals surface area contributed by atoms with Crippen LogP contribution in [0.4, 0.5) is 0 Å². The van der Waals surface area contributed by atoms with E-state index in [9.17, 15) is 5.11 Å². The van der Waals surface area contributed by atoms with Gasteiger partial charge >= 0.3 is 0 Å². The van der Waals surface area contributed by atoms with Crippen LogP contribution in [0.3, 0.4) is 0 Å². The van der Waals surface area contributed by atoms with E-state index in [-0.39, 0.29) is 17.3 Å². The van der Waals surface area contributed by atoms with E-state index in [2.05, 4.69) is 65.8 Å². The zero-order valence-electron chi connectivity index (χ0n) is 16.0. The van der Waals surface area contributed by atoms with Crippen LogP contribution in [-0.2, 0) is 10.2 Å². The van der Waals surface area contributed by atoms with Crippen LogP contribution in [0.5, 0.6) is 0 Å². The van der Waals surface area contributed by atoms with Gasteiger partial charge in [-0.15, -0.1) is 0 Å². The molecule has 1 aliphatic rings. The summed E-state index contributed by atoms with van der Waals surface area (Å²) < 4.78 is 5.50. The molecule has 1 fully saturated rings. The van der Waals surface area contributed by atoms with Crippen LogP contribution < -0.4 is 0 Å². The SMILES string of the molecule is CCC1C(c2c(C)cc(C(C)(C)C)c3cc(C)ccc23)C1(O)OC. The number of aryl methyl sites for hydroxylation is 2. The first-order valence-corrected chi connectivity index (χ1v) is 8.97. The molecule has 2 heteroatoms. The Kier molecular flexibility index (Phi) is 4.05. The summed E-state index contributed by atoms with van der Waals surface area (Å²) in [6.07, 6.45) is 0.919. The van der Waals surface area contributed by atoms with E-state index in [1.54, 1.807) is 7.11 Å². The summed E-state index contributed by atoms with van der Waals surface area (Å²) in [7, 11) is 1.62. The van der Waals surface area contributed by atoms with Crippen molar-refractivity contribution in [1.29, 1.82) is 0 Å². The Balaban J connectivity index is 2.30. The number of hydrogen-bond acceptors (Lipinski definition) is 2. The third-order valence-electron chi connectivity index (χ3n) is 5.70. The molecule has 3 rings (SSSR count). The van der Waals surface area contributed by atoms with E-state index in [0.717, 1.165) is 6.42 Å². The van der Waals surface area contributed by atoms with Crippen molar-refractivity contribution in [2.24, 2.45) is 5.92 Å². The van der Waals surface area contributed by atoms with Crippen molar-refractivity contribution in [3.8, 4) is 0 Å². The van der Waals surface area contributed by atoms with Crippen LogP contribution in [0.1, 0.15) is 62.3 Å². The first kappa shape index (κ1) is 17.4. The molecular weight excluding hydrogens is 296 g/mol. The van der Waals surface area contributed by atoms with Crippen molar-refractivity contribution in [2.45, 2.75) is 65.1 Å². The van der Waals surface area contributed by atoms with Gasteiger partial charge in [0, 0.05) is 18.9 Å². The van der Waals surface area contributed by atoms with E-state index in [1.165, 1.54) is 33.0 Å². The average molecular weight is 326 g/mol. The summed E-state index contributed by atoms with van der Waals surface area (Å²) in [5.74, 6) is -0.779. The van der Waals surface area contributed by atoms with Crippen molar-refractivity contribution in [3.63, 3.8) is 0 Å². The Bertz CT molecular complexity index is 785. The van der Waals surface area contributed by atoms with Gasteiger partial charge in [0.1, 0.15) is 0 Å². The third kappa shape index (κ3) is 2.48. The minimum atomic E-state index is -1.01. The highest BCUT2D eigenvalue weighted by atomic mass is 16.6. The van der Waals surface area contributed by atoms with Gasteiger partial charge in [0.2, 0.25) is 0 Å². The zero-order chi connectivity index (χ0) is 17.9. The largest absolute Gasteiger partial charge is 0.365 e. The number of methoxy groups -OCH3 is 1. The fourth-order valence-electron chi connectivity index (χ4n) is 4.37. The molecule has 1 saturated carbocycles. The molecule has 2 aromatic rings. The Morgan fingerprint density at radius 2 is 1.79 bits per heavy atom. The van der Waals surface area contributed by atoms with Crippen molar-refractivity contribution in [3.05, 3.63) is 46.5 Å². The molecule has 1 aliphatic carbocycles. The molecule has 0 heterocycles. The summed E-state index contributed by atoms with van der Waals surface area (Å²) in [6.45, 7) is 13.2. The molecule has 0 bridgehead atoms. The van der Waals surface area contributed by atoms with Gasteiger partial charge in [-0.2, -0.15) is 0 Å². The lowest BCUT2D eigenvalue weighted by atomic mass is 9.80. The number of ether oxygens (including phenoxy) is 1. The molecule has 0 saturated heterocycles. The molecule has 0 aromatic heterocycles. The second kappa shape index (κ2) is 5.57. The van der Waals surface area contributed by atoms with E-state index >= 15 is 0 Å². The van der Waals surface area contributed by atoms with Crippen LogP contribution in [0.25, 0.3) is 10.8 Å². The monoisotopic (exact) mass is 326 g/mol. The van der Waals surface area contributed by atoms with Crippen molar-refractivity contribution in [2.75, 3.05) is 7.11 Å². The fourth-order valence-corrected chi connectivity index (χ4v) is 4.37. The number of benzene rings is 2. The summed E-state index contributed by atoms with van der Waals surface area (Å²) >= 11 is 0. The molecule has 2 nitrogen and oxygen atoms in total. The molecule has 1 N–H and O–H groups in total. The molecule has 2 aromatic carbocycles. The Morgan fingerprint density at radius 3 is 2.29 bits per heavy atom. The average Bonchev–Trinajstić information content (AvgIpc) is 3.10. The topological polar surface area (TPSA) is 29.5 Å². The molecule has 130 valence electrons. The summed E-state index contributed by atoms with van der Waals surface area (Å²) in [4.78, 5) is 0. The molecule has 3 unspecified atom stereocenters. The van der Waals surface area contributed by atoms with Crippen LogP contribution >= 0.6 is 0 Å².